The highest BCUT2D eigenvalue weighted by Crippen LogP contribution is 2.31. The van der Waals surface area contributed by atoms with Gasteiger partial charge >= 0.3 is 0 Å². The number of anilines is 1. The van der Waals surface area contributed by atoms with E-state index in [0.29, 0.717) is 11.6 Å². The fourth-order valence-corrected chi connectivity index (χ4v) is 4.51. The van der Waals surface area contributed by atoms with Gasteiger partial charge in [-0.05, 0) is 30.9 Å². The van der Waals surface area contributed by atoms with E-state index in [1.54, 1.807) is 33.3 Å². The number of imidazole rings is 1. The normalized spacial score (nSPS) is 15.5. The molecule has 0 saturated carbocycles. The number of rotatable bonds is 4. The highest BCUT2D eigenvalue weighted by atomic mass is 32.1. The lowest BCUT2D eigenvalue weighted by Gasteiger charge is -2.33. The molecule has 1 fully saturated rings. The number of aryl methyl sites for hydroxylation is 1. The summed E-state index contributed by atoms with van der Waals surface area (Å²) in [5, 5.41) is 1.11. The molecule has 0 N–H and O–H groups in total. The van der Waals surface area contributed by atoms with E-state index < -0.39 is 0 Å². The minimum Gasteiger partial charge on any atom is -0.348 e. The average molecular weight is 369 g/mol. The van der Waals surface area contributed by atoms with Crippen LogP contribution in [0.4, 0.5) is 5.13 Å². The number of aromatic nitrogens is 3. The van der Waals surface area contributed by atoms with Gasteiger partial charge in [-0.2, -0.15) is 0 Å². The van der Waals surface area contributed by atoms with Crippen molar-refractivity contribution < 1.29 is 4.79 Å². The Bertz CT molecular complexity index is 876. The van der Waals surface area contributed by atoms with Gasteiger partial charge in [0.1, 0.15) is 5.69 Å². The molecule has 1 aromatic carbocycles. The Morgan fingerprint density at radius 1 is 1.31 bits per heavy atom. The number of hydrogen-bond donors (Lipinski definition) is 0. The highest BCUT2D eigenvalue weighted by molar-refractivity contribution is 7.22. The maximum Gasteiger partial charge on any atom is 0.273 e. The second kappa shape index (κ2) is 7.07. The molecule has 1 aliphatic heterocycles. The first kappa shape index (κ1) is 17.0. The molecule has 6 nitrogen and oxygen atoms in total. The van der Waals surface area contributed by atoms with E-state index in [2.05, 4.69) is 28.1 Å². The summed E-state index contributed by atoms with van der Waals surface area (Å²) in [4.78, 5) is 25.6. The molecule has 3 aromatic rings. The Morgan fingerprint density at radius 3 is 2.77 bits per heavy atom. The third-order valence-corrected chi connectivity index (χ3v) is 6.07. The molecular weight excluding hydrogens is 346 g/mol. The van der Waals surface area contributed by atoms with Crippen molar-refractivity contribution in [1.29, 1.82) is 0 Å². The topological polar surface area (TPSA) is 54.3 Å². The van der Waals surface area contributed by atoms with Crippen molar-refractivity contribution in [3.8, 4) is 0 Å². The van der Waals surface area contributed by atoms with Crippen molar-refractivity contribution in [2.75, 3.05) is 31.6 Å². The highest BCUT2D eigenvalue weighted by Gasteiger charge is 2.24. The van der Waals surface area contributed by atoms with Gasteiger partial charge in [-0.3, -0.25) is 4.79 Å². The quantitative estimate of drug-likeness (QED) is 0.709. The molecule has 136 valence electrons. The van der Waals surface area contributed by atoms with Crippen molar-refractivity contribution in [2.45, 2.75) is 12.8 Å². The smallest absolute Gasteiger partial charge is 0.273 e. The van der Waals surface area contributed by atoms with E-state index >= 15 is 0 Å². The second-order valence-electron chi connectivity index (χ2n) is 7.00. The van der Waals surface area contributed by atoms with Crippen molar-refractivity contribution in [1.82, 2.24) is 19.4 Å². The fraction of sp³-hybridized carbons (Fsp3) is 0.421. The fourth-order valence-electron chi connectivity index (χ4n) is 3.49. The number of carbonyl (C=O) groups is 1. The molecule has 3 heterocycles. The third-order valence-electron chi connectivity index (χ3n) is 4.97. The lowest BCUT2D eigenvalue weighted by molar-refractivity contribution is 0.0759. The van der Waals surface area contributed by atoms with Gasteiger partial charge in [0.15, 0.2) is 5.13 Å². The zero-order valence-corrected chi connectivity index (χ0v) is 15.9. The van der Waals surface area contributed by atoms with E-state index in [-0.39, 0.29) is 5.91 Å². The molecule has 7 heteroatoms. The summed E-state index contributed by atoms with van der Waals surface area (Å²) in [6.45, 7) is 2.77. The zero-order chi connectivity index (χ0) is 18.1. The third kappa shape index (κ3) is 3.44. The minimum absolute atomic E-state index is 0.000738. The number of amides is 1. The summed E-state index contributed by atoms with van der Waals surface area (Å²) in [6, 6.07) is 8.29. The van der Waals surface area contributed by atoms with Crippen LogP contribution in [-0.4, -0.2) is 52.0 Å². The van der Waals surface area contributed by atoms with E-state index in [9.17, 15) is 4.79 Å². The number of carbonyl (C=O) groups excluding carboxylic acids is 1. The van der Waals surface area contributed by atoms with Gasteiger partial charge in [-0.1, -0.05) is 23.5 Å². The first-order valence-electron chi connectivity index (χ1n) is 8.94. The molecule has 1 saturated heterocycles. The standard InChI is InChI=1S/C19H23N5OS/c1-22-12-16(20-13-22)18(25)23(2)11-14-7-9-24(10-8-14)19-21-15-5-3-4-6-17(15)26-19/h3-6,12-14H,7-11H2,1-2H3. The van der Waals surface area contributed by atoms with Crippen LogP contribution in [0.15, 0.2) is 36.8 Å². The number of para-hydroxylation sites is 1. The predicted octanol–water partition coefficient (Wildman–Crippen LogP) is 3.02. The molecule has 0 unspecified atom stereocenters. The average Bonchev–Trinajstić information content (AvgIpc) is 3.27. The van der Waals surface area contributed by atoms with Crippen molar-refractivity contribution in [3.05, 3.63) is 42.5 Å². The summed E-state index contributed by atoms with van der Waals surface area (Å²) in [5.74, 6) is 0.525. The SMILES string of the molecule is CN(CC1CCN(c2nc3ccccc3s2)CC1)C(=O)c1cn(C)cn1. The van der Waals surface area contributed by atoms with Crippen LogP contribution in [-0.2, 0) is 7.05 Å². The summed E-state index contributed by atoms with van der Waals surface area (Å²) < 4.78 is 3.04. The second-order valence-corrected chi connectivity index (χ2v) is 8.01. The van der Waals surface area contributed by atoms with Crippen LogP contribution in [0.1, 0.15) is 23.3 Å². The summed E-state index contributed by atoms with van der Waals surface area (Å²) in [6.07, 6.45) is 5.59. The Kier molecular flexibility index (Phi) is 4.63. The molecule has 1 aliphatic rings. The molecule has 0 bridgehead atoms. The number of benzene rings is 1. The summed E-state index contributed by atoms with van der Waals surface area (Å²) in [5.41, 5.74) is 1.59. The van der Waals surface area contributed by atoms with E-state index in [0.717, 1.165) is 43.1 Å². The number of hydrogen-bond acceptors (Lipinski definition) is 5. The molecule has 0 atom stereocenters. The first-order valence-corrected chi connectivity index (χ1v) is 9.76. The largest absolute Gasteiger partial charge is 0.348 e. The number of piperidine rings is 1. The Labute approximate surface area is 157 Å². The predicted molar refractivity (Wildman–Crippen MR) is 105 cm³/mol. The minimum atomic E-state index is -0.000738. The summed E-state index contributed by atoms with van der Waals surface area (Å²) in [7, 11) is 3.75. The van der Waals surface area contributed by atoms with Crippen LogP contribution in [0.5, 0.6) is 0 Å². The van der Waals surface area contributed by atoms with Gasteiger partial charge in [-0.15, -0.1) is 0 Å². The molecule has 0 spiro atoms. The lowest BCUT2D eigenvalue weighted by Crippen LogP contribution is -2.39. The Morgan fingerprint density at radius 2 is 2.08 bits per heavy atom. The van der Waals surface area contributed by atoms with Crippen LogP contribution in [0.25, 0.3) is 10.2 Å². The maximum absolute atomic E-state index is 12.4. The number of fused-ring (bicyclic) bond motifs is 1. The zero-order valence-electron chi connectivity index (χ0n) is 15.1. The van der Waals surface area contributed by atoms with Gasteiger partial charge < -0.3 is 14.4 Å². The van der Waals surface area contributed by atoms with Crippen molar-refractivity contribution >= 4 is 32.6 Å². The lowest BCUT2D eigenvalue weighted by atomic mass is 9.96. The Hall–Kier alpha value is -2.41. The summed E-state index contributed by atoms with van der Waals surface area (Å²) >= 11 is 1.76. The van der Waals surface area contributed by atoms with Crippen molar-refractivity contribution in [3.63, 3.8) is 0 Å². The van der Waals surface area contributed by atoms with Gasteiger partial charge in [0.05, 0.1) is 16.5 Å². The van der Waals surface area contributed by atoms with Crippen LogP contribution >= 0.6 is 11.3 Å². The van der Waals surface area contributed by atoms with Crippen LogP contribution in [0.2, 0.25) is 0 Å². The molecular formula is C19H23N5OS. The Balaban J connectivity index is 1.34. The van der Waals surface area contributed by atoms with E-state index in [1.807, 2.05) is 20.2 Å². The van der Waals surface area contributed by atoms with E-state index in [1.165, 1.54) is 4.70 Å². The first-order chi connectivity index (χ1) is 12.6. The van der Waals surface area contributed by atoms with Gasteiger partial charge in [0.2, 0.25) is 0 Å². The maximum atomic E-state index is 12.4. The molecule has 0 aliphatic carbocycles. The van der Waals surface area contributed by atoms with Gasteiger partial charge in [-0.25, -0.2) is 9.97 Å². The molecule has 2 aromatic heterocycles. The number of nitrogens with zero attached hydrogens (tertiary/aromatic N) is 5. The number of thiazole rings is 1. The molecule has 1 amide bonds. The molecule has 0 radical (unpaired) electrons. The molecule has 26 heavy (non-hydrogen) atoms. The van der Waals surface area contributed by atoms with Crippen molar-refractivity contribution in [2.24, 2.45) is 13.0 Å². The van der Waals surface area contributed by atoms with Gasteiger partial charge in [0, 0.05) is 39.9 Å². The van der Waals surface area contributed by atoms with Crippen LogP contribution in [0.3, 0.4) is 0 Å². The monoisotopic (exact) mass is 369 g/mol. The van der Waals surface area contributed by atoms with E-state index in [4.69, 9.17) is 4.98 Å². The van der Waals surface area contributed by atoms with Crippen LogP contribution in [0, 0.1) is 5.92 Å². The van der Waals surface area contributed by atoms with Gasteiger partial charge in [0.25, 0.3) is 5.91 Å². The van der Waals surface area contributed by atoms with Crippen LogP contribution < -0.4 is 4.90 Å². The molecule has 4 rings (SSSR count).